The maximum Gasteiger partial charge on any atom is 0.241 e. The SMILES string of the molecule is COC[C@H]1C[C@H](Nc2ncc3c(-c4cnc5nccn5c4)ccn3n2)C1. The molecule has 26 heavy (non-hydrogen) atoms. The molecule has 8 heteroatoms. The molecular formula is C18H19N7O. The van der Waals surface area contributed by atoms with Crippen molar-refractivity contribution in [1.82, 2.24) is 29.0 Å². The second-order valence-corrected chi connectivity index (χ2v) is 6.75. The van der Waals surface area contributed by atoms with Gasteiger partial charge >= 0.3 is 0 Å². The van der Waals surface area contributed by atoms with E-state index in [2.05, 4.69) is 25.4 Å². The third-order valence-electron chi connectivity index (χ3n) is 4.94. The van der Waals surface area contributed by atoms with Gasteiger partial charge in [-0.25, -0.2) is 19.5 Å². The zero-order valence-electron chi connectivity index (χ0n) is 14.4. The van der Waals surface area contributed by atoms with Crippen LogP contribution in [-0.4, -0.2) is 48.7 Å². The molecule has 8 nitrogen and oxygen atoms in total. The highest BCUT2D eigenvalue weighted by Gasteiger charge is 2.29. The van der Waals surface area contributed by atoms with Crippen molar-refractivity contribution in [3.05, 3.63) is 43.2 Å². The fourth-order valence-corrected chi connectivity index (χ4v) is 3.57. The van der Waals surface area contributed by atoms with Crippen molar-refractivity contribution in [2.75, 3.05) is 19.0 Å². The Bertz CT molecular complexity index is 1060. The van der Waals surface area contributed by atoms with E-state index in [0.717, 1.165) is 36.1 Å². The Balaban J connectivity index is 1.39. The van der Waals surface area contributed by atoms with Crippen molar-refractivity contribution in [2.24, 2.45) is 5.92 Å². The summed E-state index contributed by atoms with van der Waals surface area (Å²) in [5, 5.41) is 8.00. The number of nitrogens with zero attached hydrogens (tertiary/aromatic N) is 6. The first-order chi connectivity index (χ1) is 12.8. The van der Waals surface area contributed by atoms with Gasteiger partial charge < -0.3 is 10.1 Å². The molecule has 1 fully saturated rings. The molecule has 0 aliphatic heterocycles. The minimum absolute atomic E-state index is 0.426. The van der Waals surface area contributed by atoms with Crippen molar-refractivity contribution >= 4 is 17.2 Å². The van der Waals surface area contributed by atoms with E-state index in [9.17, 15) is 0 Å². The molecule has 0 atom stereocenters. The van der Waals surface area contributed by atoms with Crippen LogP contribution in [0.15, 0.2) is 43.2 Å². The molecule has 0 unspecified atom stereocenters. The van der Waals surface area contributed by atoms with E-state index in [1.54, 1.807) is 13.3 Å². The summed E-state index contributed by atoms with van der Waals surface area (Å²) >= 11 is 0. The standard InChI is InChI=1S/C18H19N7O/c1-26-11-12-6-14(7-12)22-17-20-9-16-15(2-4-25(16)23-17)13-8-21-18-19-3-5-24(18)10-13/h2-5,8-10,12,14H,6-7,11H2,1H3,(H,22,23)/t12-,14-. The van der Waals surface area contributed by atoms with Gasteiger partial charge in [0, 0.05) is 61.9 Å². The second kappa shape index (κ2) is 6.06. The Morgan fingerprint density at radius 3 is 3.00 bits per heavy atom. The van der Waals surface area contributed by atoms with Crippen LogP contribution < -0.4 is 5.32 Å². The van der Waals surface area contributed by atoms with Gasteiger partial charge in [-0.2, -0.15) is 0 Å². The van der Waals surface area contributed by atoms with Crippen LogP contribution in [0.2, 0.25) is 0 Å². The van der Waals surface area contributed by atoms with Gasteiger partial charge in [-0.05, 0) is 24.8 Å². The third kappa shape index (κ3) is 2.59. The van der Waals surface area contributed by atoms with Gasteiger partial charge in [0.25, 0.3) is 0 Å². The lowest BCUT2D eigenvalue weighted by Crippen LogP contribution is -2.38. The van der Waals surface area contributed by atoms with Crippen LogP contribution in [0.25, 0.3) is 22.4 Å². The highest BCUT2D eigenvalue weighted by atomic mass is 16.5. The smallest absolute Gasteiger partial charge is 0.241 e. The molecule has 0 aromatic carbocycles. The largest absolute Gasteiger partial charge is 0.384 e. The normalized spacial score (nSPS) is 19.7. The Labute approximate surface area is 149 Å². The minimum Gasteiger partial charge on any atom is -0.384 e. The molecule has 0 amide bonds. The highest BCUT2D eigenvalue weighted by Crippen LogP contribution is 2.30. The fraction of sp³-hybridized carbons (Fsp3) is 0.333. The number of aromatic nitrogens is 6. The summed E-state index contributed by atoms with van der Waals surface area (Å²) in [5.74, 6) is 1.99. The molecule has 1 aliphatic carbocycles. The molecule has 5 rings (SSSR count). The maximum atomic E-state index is 5.19. The summed E-state index contributed by atoms with van der Waals surface area (Å²) < 4.78 is 8.96. The van der Waals surface area contributed by atoms with Crippen molar-refractivity contribution in [2.45, 2.75) is 18.9 Å². The van der Waals surface area contributed by atoms with E-state index in [4.69, 9.17) is 4.74 Å². The summed E-state index contributed by atoms with van der Waals surface area (Å²) in [6, 6.07) is 2.46. The highest BCUT2D eigenvalue weighted by molar-refractivity contribution is 5.79. The maximum absolute atomic E-state index is 5.19. The first-order valence-electron chi connectivity index (χ1n) is 8.69. The average Bonchev–Trinajstić information content (AvgIpc) is 3.25. The van der Waals surface area contributed by atoms with Gasteiger partial charge in [-0.1, -0.05) is 0 Å². The summed E-state index contributed by atoms with van der Waals surface area (Å²) in [6.07, 6.45) is 13.5. The first kappa shape index (κ1) is 15.3. The summed E-state index contributed by atoms with van der Waals surface area (Å²) in [4.78, 5) is 13.1. The lowest BCUT2D eigenvalue weighted by atomic mass is 9.81. The van der Waals surface area contributed by atoms with Crippen LogP contribution in [-0.2, 0) is 4.74 Å². The Morgan fingerprint density at radius 1 is 1.19 bits per heavy atom. The Morgan fingerprint density at radius 2 is 2.12 bits per heavy atom. The average molecular weight is 349 g/mol. The number of hydrogen-bond acceptors (Lipinski definition) is 6. The molecule has 1 aliphatic rings. The molecular weight excluding hydrogens is 330 g/mol. The summed E-state index contributed by atoms with van der Waals surface area (Å²) in [7, 11) is 1.75. The van der Waals surface area contributed by atoms with Crippen molar-refractivity contribution in [3.63, 3.8) is 0 Å². The van der Waals surface area contributed by atoms with Crippen LogP contribution in [0.4, 0.5) is 5.95 Å². The van der Waals surface area contributed by atoms with E-state index in [0.29, 0.717) is 23.7 Å². The number of nitrogens with one attached hydrogen (secondary N) is 1. The van der Waals surface area contributed by atoms with Gasteiger partial charge in [0.1, 0.15) is 0 Å². The molecule has 4 aromatic heterocycles. The Kier molecular flexibility index (Phi) is 3.56. The second-order valence-electron chi connectivity index (χ2n) is 6.75. The fourth-order valence-electron chi connectivity index (χ4n) is 3.57. The molecule has 0 radical (unpaired) electrons. The van der Waals surface area contributed by atoms with E-state index in [-0.39, 0.29) is 0 Å². The van der Waals surface area contributed by atoms with Crippen molar-refractivity contribution < 1.29 is 4.74 Å². The molecule has 0 saturated heterocycles. The molecule has 4 heterocycles. The van der Waals surface area contributed by atoms with Crippen molar-refractivity contribution in [3.8, 4) is 11.1 Å². The molecule has 0 bridgehead atoms. The van der Waals surface area contributed by atoms with Gasteiger partial charge in [0.2, 0.25) is 11.7 Å². The third-order valence-corrected chi connectivity index (χ3v) is 4.94. The minimum atomic E-state index is 0.426. The van der Waals surface area contributed by atoms with Gasteiger partial charge in [0.15, 0.2) is 0 Å². The molecule has 0 spiro atoms. The number of imidazole rings is 1. The van der Waals surface area contributed by atoms with Crippen LogP contribution >= 0.6 is 0 Å². The quantitative estimate of drug-likeness (QED) is 0.595. The zero-order chi connectivity index (χ0) is 17.5. The zero-order valence-corrected chi connectivity index (χ0v) is 14.4. The number of methoxy groups -OCH3 is 1. The number of ether oxygens (including phenoxy) is 1. The van der Waals surface area contributed by atoms with Crippen LogP contribution in [0, 0.1) is 5.92 Å². The lowest BCUT2D eigenvalue weighted by Gasteiger charge is -2.35. The van der Waals surface area contributed by atoms with E-state index in [1.807, 2.05) is 46.0 Å². The van der Waals surface area contributed by atoms with Gasteiger partial charge in [-0.15, -0.1) is 5.10 Å². The van der Waals surface area contributed by atoms with Crippen LogP contribution in [0.1, 0.15) is 12.8 Å². The monoisotopic (exact) mass is 349 g/mol. The number of rotatable bonds is 5. The topological polar surface area (TPSA) is 81.6 Å². The predicted molar refractivity (Wildman–Crippen MR) is 97.0 cm³/mol. The van der Waals surface area contributed by atoms with E-state index >= 15 is 0 Å². The summed E-state index contributed by atoms with van der Waals surface area (Å²) in [5.41, 5.74) is 3.00. The number of hydrogen-bond donors (Lipinski definition) is 1. The number of fused-ring (bicyclic) bond motifs is 2. The first-order valence-corrected chi connectivity index (χ1v) is 8.69. The molecule has 4 aromatic rings. The Hall–Kier alpha value is -3.00. The summed E-state index contributed by atoms with van der Waals surface area (Å²) in [6.45, 7) is 0.828. The van der Waals surface area contributed by atoms with Gasteiger partial charge in [-0.3, -0.25) is 4.40 Å². The van der Waals surface area contributed by atoms with Crippen LogP contribution in [0.5, 0.6) is 0 Å². The molecule has 1 saturated carbocycles. The van der Waals surface area contributed by atoms with Crippen LogP contribution in [0.3, 0.4) is 0 Å². The van der Waals surface area contributed by atoms with Crippen molar-refractivity contribution in [1.29, 1.82) is 0 Å². The van der Waals surface area contributed by atoms with Gasteiger partial charge in [0.05, 0.1) is 11.7 Å². The number of anilines is 1. The van der Waals surface area contributed by atoms with E-state index in [1.165, 1.54) is 0 Å². The lowest BCUT2D eigenvalue weighted by molar-refractivity contribution is 0.104. The molecule has 132 valence electrons. The molecule has 1 N–H and O–H groups in total. The predicted octanol–water partition coefficient (Wildman–Crippen LogP) is 2.28. The van der Waals surface area contributed by atoms with E-state index < -0.39 is 0 Å².